The summed E-state index contributed by atoms with van der Waals surface area (Å²) >= 11 is 0. The zero-order valence-corrected chi connectivity index (χ0v) is 16.7. The molecule has 0 heterocycles. The highest BCUT2D eigenvalue weighted by Gasteiger charge is 2.13. The van der Waals surface area contributed by atoms with Crippen molar-refractivity contribution in [2.75, 3.05) is 26.2 Å². The predicted molar refractivity (Wildman–Crippen MR) is 100 cm³/mol. The van der Waals surface area contributed by atoms with Gasteiger partial charge in [0.1, 0.15) is 0 Å². The second-order valence-electron chi connectivity index (χ2n) is 7.39. The van der Waals surface area contributed by atoms with E-state index in [1.54, 1.807) is 0 Å². The minimum Gasteiger partial charge on any atom is -0.481 e. The van der Waals surface area contributed by atoms with Crippen molar-refractivity contribution in [3.8, 4) is 0 Å². The van der Waals surface area contributed by atoms with Crippen molar-refractivity contribution in [3.63, 3.8) is 0 Å². The van der Waals surface area contributed by atoms with Crippen LogP contribution in [0.4, 0.5) is 4.79 Å². The number of rotatable bonds is 15. The molecule has 0 fully saturated rings. The number of aliphatic carboxylic acids is 1. The van der Waals surface area contributed by atoms with Gasteiger partial charge in [0.25, 0.3) is 0 Å². The molecule has 3 N–H and O–H groups in total. The monoisotopic (exact) mass is 360 g/mol. The van der Waals surface area contributed by atoms with E-state index in [0.717, 1.165) is 57.7 Å². The lowest BCUT2D eigenvalue weighted by Crippen LogP contribution is -2.30. The molecule has 0 aliphatic carbocycles. The Balaban J connectivity index is 3.22. The molecule has 0 aromatic heterocycles. The maximum atomic E-state index is 11.5. The number of unbranched alkanes of at least 4 members (excludes halogenated alkanes) is 4. The molecule has 24 heavy (non-hydrogen) atoms. The second kappa shape index (κ2) is 14.3. The van der Waals surface area contributed by atoms with Gasteiger partial charge in [-0.25, -0.2) is 4.79 Å². The number of carboxylic acid groups (broad SMARTS) is 1. The maximum Gasteiger partial charge on any atom is 0.407 e. The van der Waals surface area contributed by atoms with Gasteiger partial charge in [-0.15, -0.1) is 0 Å². The minimum atomic E-state index is -1.14. The van der Waals surface area contributed by atoms with E-state index in [0.29, 0.717) is 13.2 Å². The number of hydrogen-bond acceptors (Lipinski definition) is 4. The summed E-state index contributed by atoms with van der Waals surface area (Å²) in [6, 6.07) is 0.998. The van der Waals surface area contributed by atoms with E-state index in [9.17, 15) is 9.59 Å². The highest BCUT2D eigenvalue weighted by Crippen LogP contribution is 2.07. The van der Waals surface area contributed by atoms with Crippen LogP contribution < -0.4 is 10.6 Å². The Bertz CT molecular complexity index is 346. The molecular formula is C17H36N2O4Si. The van der Waals surface area contributed by atoms with Gasteiger partial charge < -0.3 is 20.5 Å². The number of carbonyl (C=O) groups excluding carboxylic acids is 1. The number of amides is 1. The van der Waals surface area contributed by atoms with Crippen molar-refractivity contribution >= 4 is 20.1 Å². The fraction of sp³-hybridized carbons (Fsp3) is 0.882. The summed E-state index contributed by atoms with van der Waals surface area (Å²) in [7, 11) is -1.14. The Kier molecular flexibility index (Phi) is 13.6. The molecule has 0 aliphatic rings. The molecule has 0 aliphatic heterocycles. The van der Waals surface area contributed by atoms with Gasteiger partial charge in [0.15, 0.2) is 0 Å². The average molecular weight is 361 g/mol. The van der Waals surface area contributed by atoms with Crippen LogP contribution in [0.25, 0.3) is 0 Å². The second-order valence-corrected chi connectivity index (χ2v) is 13.0. The molecule has 0 aromatic carbocycles. The van der Waals surface area contributed by atoms with E-state index < -0.39 is 14.0 Å². The van der Waals surface area contributed by atoms with Crippen LogP contribution in [0, 0.1) is 0 Å². The summed E-state index contributed by atoms with van der Waals surface area (Å²) < 4.78 is 5.15. The van der Waals surface area contributed by atoms with Crippen molar-refractivity contribution < 1.29 is 19.4 Å². The van der Waals surface area contributed by atoms with E-state index >= 15 is 0 Å². The molecule has 0 atom stereocenters. The first-order valence-corrected chi connectivity index (χ1v) is 12.8. The SMILES string of the molecule is C[Si](C)(C)CCOC(=O)NCCCNCCCCCCCC(=O)O. The molecule has 0 rings (SSSR count). The van der Waals surface area contributed by atoms with Crippen molar-refractivity contribution in [1.29, 1.82) is 0 Å². The lowest BCUT2D eigenvalue weighted by molar-refractivity contribution is -0.137. The highest BCUT2D eigenvalue weighted by atomic mass is 28.3. The largest absolute Gasteiger partial charge is 0.481 e. The molecule has 0 saturated carbocycles. The quantitative estimate of drug-likeness (QED) is 0.307. The predicted octanol–water partition coefficient (Wildman–Crippen LogP) is 3.46. The van der Waals surface area contributed by atoms with E-state index in [-0.39, 0.29) is 12.5 Å². The number of nitrogens with one attached hydrogen (secondary N) is 2. The van der Waals surface area contributed by atoms with Crippen molar-refractivity contribution in [1.82, 2.24) is 10.6 Å². The Labute approximate surface area is 147 Å². The van der Waals surface area contributed by atoms with E-state index in [1.807, 2.05) is 0 Å². The molecule has 142 valence electrons. The van der Waals surface area contributed by atoms with Gasteiger partial charge in [-0.2, -0.15) is 0 Å². The van der Waals surface area contributed by atoms with Crippen LogP contribution in [0.15, 0.2) is 0 Å². The van der Waals surface area contributed by atoms with Gasteiger partial charge in [0.05, 0.1) is 6.61 Å². The minimum absolute atomic E-state index is 0.284. The van der Waals surface area contributed by atoms with Crippen LogP contribution in [-0.4, -0.2) is 51.5 Å². The van der Waals surface area contributed by atoms with Gasteiger partial charge in [-0.05, 0) is 38.4 Å². The standard InChI is InChI=1S/C17H36N2O4Si/c1-24(2,3)15-14-23-17(22)19-13-9-12-18-11-8-6-4-5-7-10-16(20)21/h18H,4-15H2,1-3H3,(H,19,22)(H,20,21). The summed E-state index contributed by atoms with van der Waals surface area (Å²) in [4.78, 5) is 21.8. The van der Waals surface area contributed by atoms with Crippen molar-refractivity contribution in [3.05, 3.63) is 0 Å². The molecule has 1 amide bonds. The van der Waals surface area contributed by atoms with Crippen LogP contribution in [0.1, 0.15) is 44.9 Å². The fourth-order valence-electron chi connectivity index (χ4n) is 2.09. The number of alkyl carbamates (subject to hydrolysis) is 1. The van der Waals surface area contributed by atoms with Crippen LogP contribution in [-0.2, 0) is 9.53 Å². The molecular weight excluding hydrogens is 324 g/mol. The first-order valence-electron chi connectivity index (χ1n) is 9.14. The third kappa shape index (κ3) is 19.0. The first-order chi connectivity index (χ1) is 11.3. The van der Waals surface area contributed by atoms with E-state index in [4.69, 9.17) is 9.84 Å². The van der Waals surface area contributed by atoms with Crippen LogP contribution in [0.2, 0.25) is 25.7 Å². The molecule has 0 aromatic rings. The zero-order chi connectivity index (χ0) is 18.3. The molecule has 0 spiro atoms. The molecule has 6 nitrogen and oxygen atoms in total. The summed E-state index contributed by atoms with van der Waals surface area (Å²) in [5.74, 6) is -0.704. The van der Waals surface area contributed by atoms with Gasteiger partial charge in [0, 0.05) is 21.0 Å². The molecule has 0 saturated heterocycles. The molecule has 0 unspecified atom stereocenters. The molecule has 7 heteroatoms. The number of hydrogen-bond donors (Lipinski definition) is 3. The third-order valence-electron chi connectivity index (χ3n) is 3.63. The van der Waals surface area contributed by atoms with Crippen molar-refractivity contribution in [2.24, 2.45) is 0 Å². The first kappa shape index (κ1) is 22.9. The van der Waals surface area contributed by atoms with Crippen LogP contribution in [0.5, 0.6) is 0 Å². The highest BCUT2D eigenvalue weighted by molar-refractivity contribution is 6.76. The lowest BCUT2D eigenvalue weighted by atomic mass is 10.1. The fourth-order valence-corrected chi connectivity index (χ4v) is 2.80. The topological polar surface area (TPSA) is 87.7 Å². The Morgan fingerprint density at radius 3 is 2.21 bits per heavy atom. The number of carboxylic acids is 1. The van der Waals surface area contributed by atoms with Crippen LogP contribution in [0.3, 0.4) is 0 Å². The van der Waals surface area contributed by atoms with E-state index in [2.05, 4.69) is 30.3 Å². The van der Waals surface area contributed by atoms with Gasteiger partial charge in [0.2, 0.25) is 0 Å². The smallest absolute Gasteiger partial charge is 0.407 e. The van der Waals surface area contributed by atoms with Gasteiger partial charge in [-0.3, -0.25) is 4.79 Å². The zero-order valence-electron chi connectivity index (χ0n) is 15.7. The third-order valence-corrected chi connectivity index (χ3v) is 5.33. The summed E-state index contributed by atoms with van der Waals surface area (Å²) in [6.07, 6.45) is 5.98. The Morgan fingerprint density at radius 1 is 0.917 bits per heavy atom. The van der Waals surface area contributed by atoms with Crippen molar-refractivity contribution in [2.45, 2.75) is 70.6 Å². The number of carbonyl (C=O) groups is 2. The normalized spacial score (nSPS) is 11.3. The summed E-state index contributed by atoms with van der Waals surface area (Å²) in [6.45, 7) is 9.79. The van der Waals surface area contributed by atoms with E-state index in [1.165, 1.54) is 0 Å². The average Bonchev–Trinajstić information content (AvgIpc) is 2.46. The number of ether oxygens (including phenoxy) is 1. The Hall–Kier alpha value is -1.08. The maximum absolute atomic E-state index is 11.5. The molecule has 0 bridgehead atoms. The molecule has 0 radical (unpaired) electrons. The van der Waals surface area contributed by atoms with Gasteiger partial charge >= 0.3 is 12.1 Å². The summed E-state index contributed by atoms with van der Waals surface area (Å²) in [5, 5.41) is 14.6. The Morgan fingerprint density at radius 2 is 1.54 bits per heavy atom. The summed E-state index contributed by atoms with van der Waals surface area (Å²) in [5.41, 5.74) is 0. The lowest BCUT2D eigenvalue weighted by Gasteiger charge is -2.15. The van der Waals surface area contributed by atoms with Crippen LogP contribution >= 0.6 is 0 Å². The van der Waals surface area contributed by atoms with Gasteiger partial charge in [-0.1, -0.05) is 38.9 Å².